The predicted molar refractivity (Wildman–Crippen MR) is 51.1 cm³/mol. The summed E-state index contributed by atoms with van der Waals surface area (Å²) in [6, 6.07) is 3.83. The highest BCUT2D eigenvalue weighted by atomic mass is 16.3. The largest absolute Gasteiger partial charge is 0.385 e. The van der Waals surface area contributed by atoms with E-state index in [-0.39, 0.29) is 5.41 Å². The molecule has 2 nitrogen and oxygen atoms in total. The van der Waals surface area contributed by atoms with E-state index in [1.54, 1.807) is 12.4 Å². The van der Waals surface area contributed by atoms with Crippen molar-refractivity contribution in [1.29, 1.82) is 0 Å². The molecule has 1 fully saturated rings. The fourth-order valence-corrected chi connectivity index (χ4v) is 2.00. The van der Waals surface area contributed by atoms with Gasteiger partial charge in [-0.25, -0.2) is 0 Å². The van der Waals surface area contributed by atoms with Crippen LogP contribution in [0.4, 0.5) is 0 Å². The summed E-state index contributed by atoms with van der Waals surface area (Å²) >= 11 is 0. The topological polar surface area (TPSA) is 33.1 Å². The highest BCUT2D eigenvalue weighted by Crippen LogP contribution is 2.55. The molecule has 1 aliphatic carbocycles. The van der Waals surface area contributed by atoms with Crippen LogP contribution in [0.5, 0.6) is 0 Å². The molecular formula is C11H15NO. The summed E-state index contributed by atoms with van der Waals surface area (Å²) in [6.45, 7) is 4.20. The van der Waals surface area contributed by atoms with Gasteiger partial charge in [0.1, 0.15) is 0 Å². The Morgan fingerprint density at radius 2 is 2.15 bits per heavy atom. The molecule has 1 heterocycles. The van der Waals surface area contributed by atoms with Crippen LogP contribution in [-0.2, 0) is 5.60 Å². The van der Waals surface area contributed by atoms with Crippen molar-refractivity contribution in [2.75, 3.05) is 0 Å². The maximum atomic E-state index is 10.4. The van der Waals surface area contributed by atoms with Gasteiger partial charge in [0.2, 0.25) is 0 Å². The van der Waals surface area contributed by atoms with Crippen LogP contribution < -0.4 is 0 Å². The van der Waals surface area contributed by atoms with Crippen LogP contribution in [0, 0.1) is 5.41 Å². The van der Waals surface area contributed by atoms with Gasteiger partial charge in [-0.2, -0.15) is 0 Å². The van der Waals surface area contributed by atoms with Gasteiger partial charge in [-0.15, -0.1) is 0 Å². The lowest BCUT2D eigenvalue weighted by atomic mass is 9.56. The second-order valence-corrected chi connectivity index (χ2v) is 4.49. The van der Waals surface area contributed by atoms with E-state index in [1.165, 1.54) is 0 Å². The molecule has 1 aromatic heterocycles. The summed E-state index contributed by atoms with van der Waals surface area (Å²) in [4.78, 5) is 4.04. The number of rotatable bonds is 1. The van der Waals surface area contributed by atoms with Crippen LogP contribution in [-0.4, -0.2) is 10.1 Å². The predicted octanol–water partition coefficient (Wildman–Crippen LogP) is 2.09. The Hall–Kier alpha value is -0.890. The molecule has 0 radical (unpaired) electrons. The second-order valence-electron chi connectivity index (χ2n) is 4.49. The van der Waals surface area contributed by atoms with E-state index in [1.807, 2.05) is 12.1 Å². The summed E-state index contributed by atoms with van der Waals surface area (Å²) in [7, 11) is 0. The maximum absolute atomic E-state index is 10.4. The Morgan fingerprint density at radius 3 is 2.54 bits per heavy atom. The van der Waals surface area contributed by atoms with Crippen molar-refractivity contribution in [2.45, 2.75) is 32.3 Å². The minimum absolute atomic E-state index is 0.00394. The lowest BCUT2D eigenvalue weighted by Gasteiger charge is -2.52. The molecule has 70 valence electrons. The zero-order chi connectivity index (χ0) is 9.53. The van der Waals surface area contributed by atoms with Gasteiger partial charge in [-0.1, -0.05) is 19.9 Å². The van der Waals surface area contributed by atoms with E-state index < -0.39 is 5.60 Å². The van der Waals surface area contributed by atoms with Gasteiger partial charge in [0, 0.05) is 18.0 Å². The standard InChI is InChI=1S/C11H15NO/c1-10(2)5-6-11(10,13)9-4-3-7-12-8-9/h3-4,7-8,13H,5-6H2,1-2H3. The summed E-state index contributed by atoms with van der Waals surface area (Å²) in [5.74, 6) is 0. The monoisotopic (exact) mass is 177 g/mol. The molecule has 1 unspecified atom stereocenters. The van der Waals surface area contributed by atoms with Gasteiger partial charge in [-0.3, -0.25) is 4.98 Å². The minimum Gasteiger partial charge on any atom is -0.385 e. The van der Waals surface area contributed by atoms with Gasteiger partial charge in [-0.05, 0) is 24.3 Å². The lowest BCUT2D eigenvalue weighted by molar-refractivity contribution is -0.156. The molecule has 1 atom stereocenters. The molecule has 0 bridgehead atoms. The van der Waals surface area contributed by atoms with E-state index in [4.69, 9.17) is 0 Å². The van der Waals surface area contributed by atoms with E-state index >= 15 is 0 Å². The van der Waals surface area contributed by atoms with Crippen LogP contribution in [0.2, 0.25) is 0 Å². The molecule has 1 aliphatic rings. The molecule has 0 aliphatic heterocycles. The Bertz CT molecular complexity index is 307. The Kier molecular flexibility index (Phi) is 1.70. The van der Waals surface area contributed by atoms with Crippen molar-refractivity contribution in [3.8, 4) is 0 Å². The zero-order valence-electron chi connectivity index (χ0n) is 8.12. The molecule has 1 N–H and O–H groups in total. The first-order chi connectivity index (χ1) is 6.06. The number of aromatic nitrogens is 1. The molecule has 0 amide bonds. The molecule has 1 saturated carbocycles. The van der Waals surface area contributed by atoms with Crippen molar-refractivity contribution in [3.63, 3.8) is 0 Å². The van der Waals surface area contributed by atoms with Gasteiger partial charge in [0.15, 0.2) is 0 Å². The fourth-order valence-electron chi connectivity index (χ4n) is 2.00. The summed E-state index contributed by atoms with van der Waals surface area (Å²) < 4.78 is 0. The molecule has 13 heavy (non-hydrogen) atoms. The summed E-state index contributed by atoms with van der Waals surface area (Å²) in [6.07, 6.45) is 5.43. The SMILES string of the molecule is CC1(C)CCC1(O)c1cccnc1. The Morgan fingerprint density at radius 1 is 1.38 bits per heavy atom. The van der Waals surface area contributed by atoms with Gasteiger partial charge in [0.05, 0.1) is 5.60 Å². The van der Waals surface area contributed by atoms with Crippen LogP contribution in [0.1, 0.15) is 32.3 Å². The van der Waals surface area contributed by atoms with E-state index in [9.17, 15) is 5.11 Å². The van der Waals surface area contributed by atoms with Gasteiger partial charge < -0.3 is 5.11 Å². The molecule has 0 saturated heterocycles. The number of hydrogen-bond donors (Lipinski definition) is 1. The second kappa shape index (κ2) is 2.55. The molecule has 1 aromatic rings. The molecule has 2 rings (SSSR count). The van der Waals surface area contributed by atoms with Crippen molar-refractivity contribution < 1.29 is 5.11 Å². The molecule has 0 aromatic carbocycles. The third-order valence-corrected chi connectivity index (χ3v) is 3.37. The Balaban J connectivity index is 2.37. The zero-order valence-corrected chi connectivity index (χ0v) is 8.12. The maximum Gasteiger partial charge on any atom is 0.0962 e. The van der Waals surface area contributed by atoms with Crippen molar-refractivity contribution in [1.82, 2.24) is 4.98 Å². The first kappa shape index (κ1) is 8.70. The highest BCUT2D eigenvalue weighted by Gasteiger charge is 2.52. The quantitative estimate of drug-likeness (QED) is 0.712. The first-order valence-corrected chi connectivity index (χ1v) is 4.69. The molecule has 0 spiro atoms. The average molecular weight is 177 g/mol. The number of hydrogen-bond acceptors (Lipinski definition) is 2. The number of nitrogens with zero attached hydrogens (tertiary/aromatic N) is 1. The van der Waals surface area contributed by atoms with Gasteiger partial charge in [0.25, 0.3) is 0 Å². The Labute approximate surface area is 78.6 Å². The van der Waals surface area contributed by atoms with Crippen LogP contribution in [0.3, 0.4) is 0 Å². The molecular weight excluding hydrogens is 162 g/mol. The van der Waals surface area contributed by atoms with Crippen LogP contribution in [0.25, 0.3) is 0 Å². The van der Waals surface area contributed by atoms with Crippen molar-refractivity contribution >= 4 is 0 Å². The van der Waals surface area contributed by atoms with Crippen molar-refractivity contribution in [3.05, 3.63) is 30.1 Å². The summed E-state index contributed by atoms with van der Waals surface area (Å²) in [5.41, 5.74) is 0.295. The third-order valence-electron chi connectivity index (χ3n) is 3.37. The lowest BCUT2D eigenvalue weighted by Crippen LogP contribution is -2.51. The van der Waals surface area contributed by atoms with Crippen LogP contribution in [0.15, 0.2) is 24.5 Å². The number of aliphatic hydroxyl groups is 1. The smallest absolute Gasteiger partial charge is 0.0962 e. The highest BCUT2D eigenvalue weighted by molar-refractivity contribution is 5.25. The van der Waals surface area contributed by atoms with E-state index in [0.29, 0.717) is 0 Å². The van der Waals surface area contributed by atoms with E-state index in [0.717, 1.165) is 18.4 Å². The average Bonchev–Trinajstić information content (AvgIpc) is 2.16. The summed E-state index contributed by atoms with van der Waals surface area (Å²) in [5, 5.41) is 10.4. The minimum atomic E-state index is -0.652. The molecule has 2 heteroatoms. The van der Waals surface area contributed by atoms with Crippen molar-refractivity contribution in [2.24, 2.45) is 5.41 Å². The number of pyridine rings is 1. The van der Waals surface area contributed by atoms with Crippen LogP contribution >= 0.6 is 0 Å². The third kappa shape index (κ3) is 1.09. The van der Waals surface area contributed by atoms with E-state index in [2.05, 4.69) is 18.8 Å². The van der Waals surface area contributed by atoms with Gasteiger partial charge >= 0.3 is 0 Å². The first-order valence-electron chi connectivity index (χ1n) is 4.69. The fraction of sp³-hybridized carbons (Fsp3) is 0.545. The normalized spacial score (nSPS) is 31.0.